The van der Waals surface area contributed by atoms with E-state index in [1.165, 1.54) is 36.1 Å². The Morgan fingerprint density at radius 2 is 1.86 bits per heavy atom. The van der Waals surface area contributed by atoms with Crippen LogP contribution in [-0.2, 0) is 18.3 Å². The summed E-state index contributed by atoms with van der Waals surface area (Å²) in [6, 6.07) is 8.67. The first kappa shape index (κ1) is 20.0. The van der Waals surface area contributed by atoms with E-state index in [1.807, 2.05) is 0 Å². The molecule has 3 nitrogen and oxygen atoms in total. The van der Waals surface area contributed by atoms with Crippen LogP contribution in [0.3, 0.4) is 0 Å². The first-order valence-electron chi connectivity index (χ1n) is 10.2. The Labute approximate surface area is 177 Å². The average Bonchev–Trinajstić information content (AvgIpc) is 3.26. The second-order valence-corrected chi connectivity index (χ2v) is 10.7. The van der Waals surface area contributed by atoms with Crippen LogP contribution in [0.5, 0.6) is 0 Å². The number of rotatable bonds is 5. The van der Waals surface area contributed by atoms with Crippen LogP contribution in [0.2, 0.25) is 0 Å². The SMILES string of the molecule is CC1(C)CCc2sc(-c3ccc(C4(CNS)CCCC4)cc3)c(C(=O)O)c2C1. The van der Waals surface area contributed by atoms with Crippen molar-refractivity contribution in [1.82, 2.24) is 4.72 Å². The van der Waals surface area contributed by atoms with E-state index >= 15 is 0 Å². The summed E-state index contributed by atoms with van der Waals surface area (Å²) in [7, 11) is 0. The third-order valence-corrected chi connectivity index (χ3v) is 8.23. The number of benzene rings is 1. The minimum atomic E-state index is -0.791. The number of thiol groups is 1. The lowest BCUT2D eigenvalue weighted by Gasteiger charge is -2.29. The second kappa shape index (κ2) is 7.51. The van der Waals surface area contributed by atoms with Gasteiger partial charge in [0.1, 0.15) is 0 Å². The summed E-state index contributed by atoms with van der Waals surface area (Å²) in [6.45, 7) is 5.35. The maximum Gasteiger partial charge on any atom is 0.337 e. The summed E-state index contributed by atoms with van der Waals surface area (Å²) in [6.07, 6.45) is 7.85. The van der Waals surface area contributed by atoms with Crippen molar-refractivity contribution in [2.75, 3.05) is 6.54 Å². The van der Waals surface area contributed by atoms with Crippen LogP contribution in [0.25, 0.3) is 10.4 Å². The number of hydrogen-bond donors (Lipinski definition) is 3. The van der Waals surface area contributed by atoms with Crippen LogP contribution < -0.4 is 4.72 Å². The number of carboxylic acid groups (broad SMARTS) is 1. The molecular formula is C23H29NO2S2. The van der Waals surface area contributed by atoms with Crippen LogP contribution in [0.4, 0.5) is 0 Å². The highest BCUT2D eigenvalue weighted by Crippen LogP contribution is 2.46. The molecule has 1 saturated carbocycles. The molecule has 5 heteroatoms. The topological polar surface area (TPSA) is 49.3 Å². The molecule has 0 saturated heterocycles. The maximum atomic E-state index is 12.1. The van der Waals surface area contributed by atoms with Crippen molar-refractivity contribution in [1.29, 1.82) is 0 Å². The van der Waals surface area contributed by atoms with Crippen molar-refractivity contribution in [2.24, 2.45) is 5.41 Å². The molecule has 1 fully saturated rings. The van der Waals surface area contributed by atoms with Gasteiger partial charge < -0.3 is 5.11 Å². The second-order valence-electron chi connectivity index (χ2n) is 9.25. The van der Waals surface area contributed by atoms with E-state index in [9.17, 15) is 9.90 Å². The number of thiophene rings is 1. The summed E-state index contributed by atoms with van der Waals surface area (Å²) < 4.78 is 3.08. The van der Waals surface area contributed by atoms with Gasteiger partial charge in [0.2, 0.25) is 0 Å². The summed E-state index contributed by atoms with van der Waals surface area (Å²) in [4.78, 5) is 14.3. The molecule has 0 amide bonds. The maximum absolute atomic E-state index is 12.1. The number of aromatic carboxylic acids is 1. The molecule has 4 rings (SSSR count). The molecule has 2 aromatic rings. The number of hydrogen-bond acceptors (Lipinski definition) is 4. The number of aryl methyl sites for hydroxylation is 1. The number of nitrogens with one attached hydrogen (secondary N) is 1. The van der Waals surface area contributed by atoms with E-state index in [2.05, 4.69) is 55.6 Å². The van der Waals surface area contributed by atoms with E-state index in [0.717, 1.165) is 41.8 Å². The molecular weight excluding hydrogens is 386 g/mol. The van der Waals surface area contributed by atoms with Crippen LogP contribution in [-0.4, -0.2) is 17.6 Å². The lowest BCUT2D eigenvalue weighted by Crippen LogP contribution is -2.32. The average molecular weight is 416 g/mol. The van der Waals surface area contributed by atoms with Gasteiger partial charge in [0.25, 0.3) is 0 Å². The van der Waals surface area contributed by atoms with Gasteiger partial charge in [0, 0.05) is 21.7 Å². The molecule has 1 aromatic heterocycles. The zero-order valence-electron chi connectivity index (χ0n) is 16.7. The smallest absolute Gasteiger partial charge is 0.337 e. The minimum Gasteiger partial charge on any atom is -0.478 e. The van der Waals surface area contributed by atoms with Crippen molar-refractivity contribution in [3.8, 4) is 10.4 Å². The Bertz CT molecular complexity index is 877. The molecule has 2 aliphatic carbocycles. The quantitative estimate of drug-likeness (QED) is 0.535. The normalized spacial score (nSPS) is 20.1. The Morgan fingerprint density at radius 1 is 1.18 bits per heavy atom. The van der Waals surface area contributed by atoms with Gasteiger partial charge in [-0.2, -0.15) is 0 Å². The fraction of sp³-hybridized carbons (Fsp3) is 0.522. The van der Waals surface area contributed by atoms with E-state index in [-0.39, 0.29) is 10.8 Å². The van der Waals surface area contributed by atoms with Gasteiger partial charge in [0.15, 0.2) is 0 Å². The van der Waals surface area contributed by atoms with Gasteiger partial charge in [-0.05, 0) is 54.2 Å². The molecule has 2 aliphatic rings. The van der Waals surface area contributed by atoms with E-state index in [0.29, 0.717) is 5.56 Å². The van der Waals surface area contributed by atoms with Crippen LogP contribution in [0.1, 0.15) is 72.3 Å². The molecule has 1 aromatic carbocycles. The van der Waals surface area contributed by atoms with Crippen molar-refractivity contribution >= 4 is 30.1 Å². The van der Waals surface area contributed by atoms with Gasteiger partial charge in [0.05, 0.1) is 5.56 Å². The molecule has 0 radical (unpaired) electrons. The first-order valence-corrected chi connectivity index (χ1v) is 11.5. The van der Waals surface area contributed by atoms with Crippen molar-refractivity contribution in [2.45, 2.75) is 64.2 Å². The van der Waals surface area contributed by atoms with Crippen LogP contribution >= 0.6 is 24.2 Å². The van der Waals surface area contributed by atoms with Gasteiger partial charge in [-0.3, -0.25) is 4.72 Å². The molecule has 28 heavy (non-hydrogen) atoms. The molecule has 0 aliphatic heterocycles. The number of carbonyl (C=O) groups is 1. The Hall–Kier alpha value is -1.30. The van der Waals surface area contributed by atoms with E-state index < -0.39 is 5.97 Å². The molecule has 0 atom stereocenters. The fourth-order valence-electron chi connectivity index (χ4n) is 5.10. The van der Waals surface area contributed by atoms with Crippen molar-refractivity contribution in [3.05, 3.63) is 45.8 Å². The van der Waals surface area contributed by atoms with Gasteiger partial charge in [-0.1, -0.05) is 63.8 Å². The molecule has 0 bridgehead atoms. The Morgan fingerprint density at radius 3 is 2.46 bits per heavy atom. The molecule has 1 heterocycles. The molecule has 2 N–H and O–H groups in total. The highest BCUT2D eigenvalue weighted by molar-refractivity contribution is 7.78. The van der Waals surface area contributed by atoms with Crippen molar-refractivity contribution in [3.63, 3.8) is 0 Å². The summed E-state index contributed by atoms with van der Waals surface area (Å²) in [5, 5.41) is 9.97. The lowest BCUT2D eigenvalue weighted by atomic mass is 9.75. The fourth-order valence-corrected chi connectivity index (χ4v) is 6.71. The predicted molar refractivity (Wildman–Crippen MR) is 120 cm³/mol. The van der Waals surface area contributed by atoms with Gasteiger partial charge >= 0.3 is 5.97 Å². The van der Waals surface area contributed by atoms with E-state index in [4.69, 9.17) is 0 Å². The zero-order valence-corrected chi connectivity index (χ0v) is 18.4. The third-order valence-electron chi connectivity index (χ3n) is 6.73. The highest BCUT2D eigenvalue weighted by atomic mass is 32.1. The zero-order chi connectivity index (χ0) is 19.9. The third kappa shape index (κ3) is 3.53. The lowest BCUT2D eigenvalue weighted by molar-refractivity contribution is 0.0696. The minimum absolute atomic E-state index is 0.161. The number of fused-ring (bicyclic) bond motifs is 1. The molecule has 0 spiro atoms. The van der Waals surface area contributed by atoms with Gasteiger partial charge in [-0.15, -0.1) is 11.3 Å². The first-order chi connectivity index (χ1) is 13.4. The van der Waals surface area contributed by atoms with Crippen LogP contribution in [0.15, 0.2) is 24.3 Å². The molecule has 150 valence electrons. The predicted octanol–water partition coefficient (Wildman–Crippen LogP) is 5.87. The largest absolute Gasteiger partial charge is 0.478 e. The van der Waals surface area contributed by atoms with Gasteiger partial charge in [-0.25, -0.2) is 4.79 Å². The standard InChI is InChI=1S/C23H29NO2S2/c1-22(2)12-9-18-17(13-22)19(21(25)26)20(28-18)15-5-7-16(8-6-15)23(14-24-27)10-3-4-11-23/h5-8,24,27H,3-4,9-14H2,1-2H3,(H,25,26). The summed E-state index contributed by atoms with van der Waals surface area (Å²) in [5.41, 5.74) is 4.32. The number of carboxylic acids is 1. The monoisotopic (exact) mass is 415 g/mol. The van der Waals surface area contributed by atoms with Crippen molar-refractivity contribution < 1.29 is 9.90 Å². The summed E-state index contributed by atoms with van der Waals surface area (Å²) in [5.74, 6) is -0.791. The Kier molecular flexibility index (Phi) is 5.36. The van der Waals surface area contributed by atoms with Crippen LogP contribution in [0, 0.1) is 5.41 Å². The molecule has 0 unspecified atom stereocenters. The Balaban J connectivity index is 1.72. The summed E-state index contributed by atoms with van der Waals surface area (Å²) >= 11 is 5.94. The highest BCUT2D eigenvalue weighted by Gasteiger charge is 2.36. The van der Waals surface area contributed by atoms with E-state index in [1.54, 1.807) is 11.3 Å².